The van der Waals surface area contributed by atoms with Gasteiger partial charge in [0.25, 0.3) is 5.89 Å². The van der Waals surface area contributed by atoms with Crippen molar-refractivity contribution in [3.8, 4) is 34.7 Å². The zero-order valence-corrected chi connectivity index (χ0v) is 18.9. The third-order valence-corrected chi connectivity index (χ3v) is 5.38. The van der Waals surface area contributed by atoms with E-state index >= 15 is 0 Å². The average molecular weight is 447 g/mol. The van der Waals surface area contributed by atoms with E-state index in [4.69, 9.17) is 14.0 Å². The molecule has 3 aromatic rings. The van der Waals surface area contributed by atoms with Crippen molar-refractivity contribution >= 4 is 6.09 Å². The fourth-order valence-electron chi connectivity index (χ4n) is 3.95. The predicted molar refractivity (Wildman–Crippen MR) is 121 cm³/mol. The second-order valence-corrected chi connectivity index (χ2v) is 8.16. The number of amides is 1. The Morgan fingerprint density at radius 3 is 2.94 bits per heavy atom. The van der Waals surface area contributed by atoms with Crippen LogP contribution in [0.15, 0.2) is 40.9 Å². The number of hydrogen-bond donors (Lipinski definition) is 1. The van der Waals surface area contributed by atoms with Crippen LogP contribution in [-0.2, 0) is 11.2 Å². The van der Waals surface area contributed by atoms with Gasteiger partial charge in [-0.05, 0) is 62.4 Å². The van der Waals surface area contributed by atoms with Crippen LogP contribution in [-0.4, -0.2) is 28.9 Å². The third-order valence-electron chi connectivity index (χ3n) is 5.38. The highest BCUT2D eigenvalue weighted by molar-refractivity contribution is 5.70. The molecule has 1 aromatic heterocycles. The maximum absolute atomic E-state index is 12.0. The van der Waals surface area contributed by atoms with Gasteiger partial charge in [0.05, 0.1) is 24.3 Å². The molecular weight excluding hydrogens is 420 g/mol. The van der Waals surface area contributed by atoms with Crippen molar-refractivity contribution in [3.63, 3.8) is 0 Å². The van der Waals surface area contributed by atoms with Crippen molar-refractivity contribution in [3.05, 3.63) is 53.1 Å². The zero-order valence-electron chi connectivity index (χ0n) is 18.9. The summed E-state index contributed by atoms with van der Waals surface area (Å²) in [6.45, 7) is 6.17. The van der Waals surface area contributed by atoms with E-state index < -0.39 is 6.09 Å². The minimum Gasteiger partial charge on any atom is -0.490 e. The molecule has 1 heterocycles. The van der Waals surface area contributed by atoms with Crippen LogP contribution in [0.2, 0.25) is 0 Å². The van der Waals surface area contributed by atoms with Crippen molar-refractivity contribution in [2.75, 3.05) is 6.61 Å². The van der Waals surface area contributed by atoms with Gasteiger partial charge in [-0.1, -0.05) is 30.3 Å². The van der Waals surface area contributed by atoms with Gasteiger partial charge in [-0.3, -0.25) is 0 Å². The Morgan fingerprint density at radius 2 is 2.18 bits per heavy atom. The summed E-state index contributed by atoms with van der Waals surface area (Å²) in [5.41, 5.74) is 4.05. The van der Waals surface area contributed by atoms with Crippen LogP contribution in [0.4, 0.5) is 4.79 Å². The first-order valence-corrected chi connectivity index (χ1v) is 11.1. The van der Waals surface area contributed by atoms with E-state index in [-0.39, 0.29) is 12.1 Å². The molecule has 0 unspecified atom stereocenters. The maximum Gasteiger partial charge on any atom is 0.407 e. The van der Waals surface area contributed by atoms with Gasteiger partial charge < -0.3 is 19.3 Å². The minimum atomic E-state index is -0.403. The summed E-state index contributed by atoms with van der Waals surface area (Å²) in [7, 11) is 0. The number of fused-ring (bicyclic) bond motifs is 1. The molecule has 2 aromatic carbocycles. The van der Waals surface area contributed by atoms with E-state index in [1.807, 2.05) is 39.0 Å². The van der Waals surface area contributed by atoms with Gasteiger partial charge in [-0.15, -0.1) is 0 Å². The Kier molecular flexibility index (Phi) is 6.59. The molecule has 1 atom stereocenters. The van der Waals surface area contributed by atoms with Crippen LogP contribution in [0.1, 0.15) is 56.3 Å². The summed E-state index contributed by atoms with van der Waals surface area (Å²) >= 11 is 0. The van der Waals surface area contributed by atoms with Gasteiger partial charge in [0.2, 0.25) is 5.82 Å². The molecular formula is C25H26N4O4. The summed E-state index contributed by atoms with van der Waals surface area (Å²) in [6.07, 6.45) is 1.90. The molecule has 1 aliphatic rings. The van der Waals surface area contributed by atoms with Crippen molar-refractivity contribution in [2.45, 2.75) is 52.2 Å². The van der Waals surface area contributed by atoms with E-state index in [9.17, 15) is 10.1 Å². The lowest BCUT2D eigenvalue weighted by molar-refractivity contribution is 0.142. The lowest BCUT2D eigenvalue weighted by atomic mass is 10.0. The molecule has 0 bridgehead atoms. The Balaban J connectivity index is 1.58. The largest absolute Gasteiger partial charge is 0.490 e. The van der Waals surface area contributed by atoms with Crippen LogP contribution < -0.4 is 10.1 Å². The molecule has 1 aliphatic carbocycles. The average Bonchev–Trinajstić information content (AvgIpc) is 3.45. The Morgan fingerprint density at radius 1 is 1.33 bits per heavy atom. The highest BCUT2D eigenvalue weighted by Gasteiger charge is 2.28. The summed E-state index contributed by atoms with van der Waals surface area (Å²) in [4.78, 5) is 16.6. The highest BCUT2D eigenvalue weighted by Crippen LogP contribution is 2.37. The standard InChI is InChI=1S/C25H26N4O4/c1-4-12-31-25(30)27-21-10-9-18-19(21)6-5-7-20(18)23-28-24(33-29-23)16-8-11-22(32-15(2)3)17(13-16)14-26/h5-8,11,13,15,21H,4,9-10,12H2,1-3H3,(H,27,30)/t21-/m0/s1. The summed E-state index contributed by atoms with van der Waals surface area (Å²) in [6, 6.07) is 13.2. The lowest BCUT2D eigenvalue weighted by Gasteiger charge is -2.14. The second-order valence-electron chi connectivity index (χ2n) is 8.16. The van der Waals surface area contributed by atoms with Crippen LogP contribution >= 0.6 is 0 Å². The number of nitriles is 1. The molecule has 33 heavy (non-hydrogen) atoms. The van der Waals surface area contributed by atoms with Crippen molar-refractivity contribution in [1.29, 1.82) is 5.26 Å². The molecule has 0 spiro atoms. The first-order chi connectivity index (χ1) is 16.0. The van der Waals surface area contributed by atoms with Gasteiger partial charge in [-0.25, -0.2) is 4.79 Å². The molecule has 4 rings (SSSR count). The lowest BCUT2D eigenvalue weighted by Crippen LogP contribution is -2.28. The van der Waals surface area contributed by atoms with Crippen molar-refractivity contribution in [1.82, 2.24) is 15.5 Å². The first-order valence-electron chi connectivity index (χ1n) is 11.1. The Labute approximate surface area is 192 Å². The molecule has 0 saturated heterocycles. The molecule has 0 fully saturated rings. The van der Waals surface area contributed by atoms with Gasteiger partial charge in [0.15, 0.2) is 0 Å². The summed E-state index contributed by atoms with van der Waals surface area (Å²) < 4.78 is 16.4. The Hall–Kier alpha value is -3.86. The Bertz CT molecular complexity index is 1200. The third kappa shape index (κ3) is 4.82. The number of carbonyl (C=O) groups is 1. The molecule has 1 amide bonds. The van der Waals surface area contributed by atoms with Crippen LogP contribution in [0, 0.1) is 11.3 Å². The second kappa shape index (κ2) is 9.74. The topological polar surface area (TPSA) is 110 Å². The molecule has 0 saturated carbocycles. The summed E-state index contributed by atoms with van der Waals surface area (Å²) in [5, 5.41) is 16.6. The number of aromatic nitrogens is 2. The normalized spacial score (nSPS) is 14.6. The number of carbonyl (C=O) groups excluding carboxylic acids is 1. The number of ether oxygens (including phenoxy) is 2. The van der Waals surface area contributed by atoms with Crippen LogP contribution in [0.25, 0.3) is 22.8 Å². The van der Waals surface area contributed by atoms with Gasteiger partial charge in [-0.2, -0.15) is 10.2 Å². The molecule has 8 nitrogen and oxygen atoms in total. The van der Waals surface area contributed by atoms with Gasteiger partial charge >= 0.3 is 6.09 Å². The number of hydrogen-bond acceptors (Lipinski definition) is 7. The van der Waals surface area contributed by atoms with E-state index in [0.717, 1.165) is 36.0 Å². The highest BCUT2D eigenvalue weighted by atomic mass is 16.5. The van der Waals surface area contributed by atoms with Gasteiger partial charge in [0, 0.05) is 11.1 Å². The SMILES string of the molecule is CCCOC(=O)N[C@H]1CCc2c(-c3noc(-c4ccc(OC(C)C)c(C#N)c4)n3)cccc21. The molecule has 1 N–H and O–H groups in total. The van der Waals surface area contributed by atoms with Crippen molar-refractivity contribution in [2.24, 2.45) is 0 Å². The van der Waals surface area contributed by atoms with E-state index in [2.05, 4.69) is 21.5 Å². The number of alkyl carbamates (subject to hydrolysis) is 1. The molecule has 170 valence electrons. The first kappa shape index (κ1) is 22.3. The number of nitrogens with one attached hydrogen (secondary N) is 1. The maximum atomic E-state index is 12.0. The van der Waals surface area contributed by atoms with Crippen LogP contribution in [0.5, 0.6) is 5.75 Å². The molecule has 0 radical (unpaired) electrons. The van der Waals surface area contributed by atoms with Gasteiger partial charge in [0.1, 0.15) is 11.8 Å². The number of nitrogens with zero attached hydrogens (tertiary/aromatic N) is 3. The van der Waals surface area contributed by atoms with E-state index in [1.54, 1.807) is 18.2 Å². The quantitative estimate of drug-likeness (QED) is 0.532. The number of benzene rings is 2. The van der Waals surface area contributed by atoms with Crippen LogP contribution in [0.3, 0.4) is 0 Å². The zero-order chi connectivity index (χ0) is 23.4. The monoisotopic (exact) mass is 446 g/mol. The van der Waals surface area contributed by atoms with E-state index in [0.29, 0.717) is 35.2 Å². The predicted octanol–water partition coefficient (Wildman–Crippen LogP) is 5.19. The number of rotatable bonds is 7. The smallest absolute Gasteiger partial charge is 0.407 e. The fourth-order valence-corrected chi connectivity index (χ4v) is 3.95. The fraction of sp³-hybridized carbons (Fsp3) is 0.360. The summed E-state index contributed by atoms with van der Waals surface area (Å²) in [5.74, 6) is 1.32. The minimum absolute atomic E-state index is 0.0371. The van der Waals surface area contributed by atoms with Crippen molar-refractivity contribution < 1.29 is 18.8 Å². The van der Waals surface area contributed by atoms with E-state index in [1.165, 1.54) is 0 Å². The molecule has 0 aliphatic heterocycles. The molecule has 8 heteroatoms.